The minimum atomic E-state index is -1.85. The van der Waals surface area contributed by atoms with E-state index in [2.05, 4.69) is 83.4 Å². The zero-order valence-corrected chi connectivity index (χ0v) is 76.6. The SMILES string of the molecule is CCCC[C@H]1C(=O)N(C)[C@@H](CCCC)C(=O)N[C@@H](CCCNC(=N)N)C(=O)N[C@H](C(=O)NCC(N)=O)CSCC(=O)N[C@@H](Cc2cscn2)C(=O)N(C)[C@@H](C)C(=O)N[C@@H](CC(N)=O)C(=O)N2CCC[C@H]2C(=O)N[C@@H](Cc2cnc[nH]2)C(=O)N[C@@H](CC(C)C)C(=O)N(C)CC(=O)N[C@@H](Cc2c[nH]c3ccccc23)C(=O)N[C@@H](CO)C(=O)N[C@@H](Cc2c[nH]c3ccccc23)C(=O)N1C. The quantitative estimate of drug-likeness (QED) is 0.0149. The first kappa shape index (κ1) is 103. The summed E-state index contributed by atoms with van der Waals surface area (Å²) >= 11 is 1.96. The third-order valence-corrected chi connectivity index (χ3v) is 24.4. The second-order valence-corrected chi connectivity index (χ2v) is 34.9. The van der Waals surface area contributed by atoms with Gasteiger partial charge in [0.25, 0.3) is 0 Å². The van der Waals surface area contributed by atoms with Gasteiger partial charge in [-0.3, -0.25) is 86.9 Å². The van der Waals surface area contributed by atoms with Gasteiger partial charge < -0.3 is 120 Å². The number of benzene rings is 2. The van der Waals surface area contributed by atoms with Crippen LogP contribution in [0.2, 0.25) is 0 Å². The standard InChI is InChI=1S/C86H123N25O18S2/c1-10-12-25-66-79(123)100-57(24-18-28-92-86(89)90)75(119)106-65(74(118)95-39-70(88)114)43-130-44-72(116)99-62(34-52-42-131-46-97-52)82(126)108(7)48(5)73(117)102-63(35-69(87)113)84(128)111-29-19-27-67(111)80(124)101-59(33-51-38-91-45-96-51)77(121)103-60(30-47(3)4)81(125)107(6)40-71(115)98-58(31-49-36-93-55-22-16-14-20-53(49)55)76(120)105-64(41-112)78(122)104-61(32-50-37-94-56-23-17-15-21-54(50)56)83(127)110(9)68(26-13-11-2)85(129)109(66)8/h14-17,20-23,36-38,42,45-48,57-68,93-94,112H,10-13,18-19,24-35,39-41,43-44H2,1-9H3,(H2,87,113)(H2,88,114)(H,91,96)(H,95,118)(H,98,115)(H,99,116)(H,100,123)(H,101,124)(H,102,117)(H,103,121)(H,104,122)(H,105,120)(H,106,119)(H4,89,90,92)/t48-,57-,58-,59-,60-,61-,62-,63-,64-,65-,66-,67-,68-/m0/s1. The van der Waals surface area contributed by atoms with Gasteiger partial charge in [-0.15, -0.1) is 23.1 Å². The van der Waals surface area contributed by atoms with Crippen molar-refractivity contribution in [3.63, 3.8) is 0 Å². The fraction of sp³-hybridized carbons (Fsp3) is 0.535. The Morgan fingerprint density at radius 3 is 1.73 bits per heavy atom. The zero-order chi connectivity index (χ0) is 95.9. The monoisotopic (exact) mass is 1860 g/mol. The van der Waals surface area contributed by atoms with Crippen molar-refractivity contribution in [1.82, 2.24) is 108 Å². The van der Waals surface area contributed by atoms with Gasteiger partial charge in [0.2, 0.25) is 100 Å². The molecule has 0 unspecified atom stereocenters. The number of hydrogen-bond donors (Lipinski definition) is 19. The predicted octanol–water partition coefficient (Wildman–Crippen LogP) is -2.68. The number of nitrogens with two attached hydrogens (primary N) is 3. The van der Waals surface area contributed by atoms with Crippen LogP contribution in [0.5, 0.6) is 0 Å². The van der Waals surface area contributed by atoms with Crippen LogP contribution in [0.1, 0.15) is 134 Å². The lowest BCUT2D eigenvalue weighted by atomic mass is 10.00. The largest absolute Gasteiger partial charge is 0.394 e. The number of amides is 17. The molecule has 17 amide bonds. The normalized spacial score (nSPS) is 23.6. The van der Waals surface area contributed by atoms with Gasteiger partial charge in [0.05, 0.1) is 49.4 Å². The number of carbonyl (C=O) groups is 17. The van der Waals surface area contributed by atoms with Crippen LogP contribution in [0, 0.1) is 11.3 Å². The highest BCUT2D eigenvalue weighted by molar-refractivity contribution is 8.00. The number of imidazole rings is 1. The summed E-state index contributed by atoms with van der Waals surface area (Å²) in [4.78, 5) is 271. The summed E-state index contributed by atoms with van der Waals surface area (Å²) in [5.41, 5.74) is 21.3. The van der Waals surface area contributed by atoms with Gasteiger partial charge >= 0.3 is 0 Å². The average Bonchev–Trinajstić information content (AvgIpc) is 1.77. The molecule has 0 spiro atoms. The number of aliphatic hydroxyl groups excluding tert-OH is 1. The Hall–Kier alpha value is -13.1. The highest BCUT2D eigenvalue weighted by Gasteiger charge is 2.44. The lowest BCUT2D eigenvalue weighted by Crippen LogP contribution is -2.61. The fourth-order valence-electron chi connectivity index (χ4n) is 15.5. The number of primary amides is 2. The molecule has 8 rings (SSSR count). The Kier molecular flexibility index (Phi) is 39.6. The van der Waals surface area contributed by atoms with Gasteiger partial charge in [-0.05, 0) is 81.0 Å². The minimum absolute atomic E-state index is 0.000339. The highest BCUT2D eigenvalue weighted by atomic mass is 32.2. The maximum Gasteiger partial charge on any atom is 0.246 e. The summed E-state index contributed by atoms with van der Waals surface area (Å²) in [6, 6.07) is -5.61. The van der Waals surface area contributed by atoms with Crippen molar-refractivity contribution in [2.24, 2.45) is 23.1 Å². The molecule has 0 aliphatic carbocycles. The molecule has 6 heterocycles. The molecule has 0 radical (unpaired) electrons. The van der Waals surface area contributed by atoms with Crippen molar-refractivity contribution < 1.29 is 86.6 Å². The smallest absolute Gasteiger partial charge is 0.246 e. The number of aromatic nitrogens is 5. The van der Waals surface area contributed by atoms with Crippen molar-refractivity contribution in [1.29, 1.82) is 5.41 Å². The lowest BCUT2D eigenvalue weighted by Gasteiger charge is -2.36. The van der Waals surface area contributed by atoms with E-state index in [1.54, 1.807) is 80.2 Å². The molecule has 712 valence electrons. The number of likely N-dealkylation sites (N-methyl/N-ethyl adjacent to an activating group) is 4. The molecule has 131 heavy (non-hydrogen) atoms. The second kappa shape index (κ2) is 50.2. The number of carbonyl (C=O) groups excluding carboxylic acids is 17. The van der Waals surface area contributed by atoms with Crippen LogP contribution in [-0.2, 0) is 107 Å². The number of guanidine groups is 1. The third kappa shape index (κ3) is 30.0. The molecule has 2 aliphatic heterocycles. The second-order valence-electron chi connectivity index (χ2n) is 33.1. The summed E-state index contributed by atoms with van der Waals surface area (Å²) in [7, 11) is 5.23. The maximum atomic E-state index is 15.7. The molecule has 2 saturated heterocycles. The number of H-pyrrole nitrogens is 3. The van der Waals surface area contributed by atoms with E-state index in [1.807, 2.05) is 13.8 Å². The van der Waals surface area contributed by atoms with Crippen molar-refractivity contribution in [2.45, 2.75) is 216 Å². The molecule has 45 heteroatoms. The molecule has 2 fully saturated rings. The van der Waals surface area contributed by atoms with Crippen molar-refractivity contribution in [3.05, 3.63) is 107 Å². The Labute approximate surface area is 765 Å². The van der Waals surface area contributed by atoms with Crippen LogP contribution >= 0.6 is 23.1 Å². The number of aliphatic hydroxyl groups is 1. The van der Waals surface area contributed by atoms with E-state index in [4.69, 9.17) is 22.6 Å². The van der Waals surface area contributed by atoms with E-state index < -0.39 is 223 Å². The topological polar surface area (TPSA) is 634 Å². The highest BCUT2D eigenvalue weighted by Crippen LogP contribution is 2.26. The van der Waals surface area contributed by atoms with Crippen molar-refractivity contribution in [2.75, 3.05) is 72.5 Å². The van der Waals surface area contributed by atoms with Crippen LogP contribution in [-0.4, -0.2) is 312 Å². The Bertz CT molecular complexity index is 5010. The van der Waals surface area contributed by atoms with Crippen molar-refractivity contribution in [3.8, 4) is 0 Å². The number of unbranched alkanes of at least 4 members (excludes halogenated alkanes) is 2. The number of fused-ring (bicyclic) bond motifs is 3. The first-order chi connectivity index (χ1) is 62.4. The number of para-hydroxylation sites is 2. The molecule has 2 aliphatic rings. The van der Waals surface area contributed by atoms with E-state index in [0.29, 0.717) is 70.0 Å². The maximum absolute atomic E-state index is 15.7. The summed E-state index contributed by atoms with van der Waals surface area (Å²) < 4.78 is 0. The molecule has 0 bridgehead atoms. The van der Waals surface area contributed by atoms with Gasteiger partial charge in [0.1, 0.15) is 78.5 Å². The summed E-state index contributed by atoms with van der Waals surface area (Å²) in [6.07, 6.45) is 5.90. The Balaban J connectivity index is 1.18. The van der Waals surface area contributed by atoms with Crippen LogP contribution in [0.25, 0.3) is 21.8 Å². The number of aromatic amines is 3. The number of nitrogens with one attached hydrogen (secondary N) is 15. The molecular weight excluding hydrogens is 1740 g/mol. The van der Waals surface area contributed by atoms with Gasteiger partial charge in [0, 0.05) is 124 Å². The molecule has 22 N–H and O–H groups in total. The third-order valence-electron chi connectivity index (χ3n) is 22.8. The first-order valence-electron chi connectivity index (χ1n) is 43.5. The molecule has 2 aromatic carbocycles. The molecular formula is C86H123N25O18S2. The van der Waals surface area contributed by atoms with Crippen LogP contribution in [0.3, 0.4) is 0 Å². The van der Waals surface area contributed by atoms with E-state index in [-0.39, 0.29) is 89.6 Å². The zero-order valence-electron chi connectivity index (χ0n) is 75.0. The molecule has 4 aromatic heterocycles. The van der Waals surface area contributed by atoms with Crippen molar-refractivity contribution >= 4 is 151 Å². The summed E-state index contributed by atoms with van der Waals surface area (Å²) in [6.45, 7) is 5.90. The van der Waals surface area contributed by atoms with Crippen LogP contribution < -0.4 is 75.7 Å². The van der Waals surface area contributed by atoms with E-state index in [0.717, 1.165) is 36.3 Å². The van der Waals surface area contributed by atoms with E-state index in [9.17, 15) is 62.6 Å². The number of thiazole rings is 1. The van der Waals surface area contributed by atoms with E-state index in [1.165, 1.54) is 64.5 Å². The summed E-state index contributed by atoms with van der Waals surface area (Å²) in [5, 5.41) is 50.9. The average molecular weight is 1860 g/mol. The van der Waals surface area contributed by atoms with Gasteiger partial charge in [-0.1, -0.05) is 89.8 Å². The van der Waals surface area contributed by atoms with Crippen LogP contribution in [0.4, 0.5) is 0 Å². The number of nitrogens with zero attached hydrogens (tertiary/aromatic N) is 7. The van der Waals surface area contributed by atoms with Crippen LogP contribution in [0.15, 0.2) is 84.3 Å². The molecule has 43 nitrogen and oxygen atoms in total. The number of rotatable bonds is 26. The Morgan fingerprint density at radius 2 is 1.13 bits per heavy atom. The number of hydrogen-bond acceptors (Lipinski definition) is 23. The van der Waals surface area contributed by atoms with Gasteiger partial charge in [-0.2, -0.15) is 0 Å². The molecule has 13 atom stereocenters. The lowest BCUT2D eigenvalue weighted by molar-refractivity contribution is -0.149. The summed E-state index contributed by atoms with van der Waals surface area (Å²) in [5.74, 6) is -17.2. The van der Waals surface area contributed by atoms with E-state index >= 15 is 24.0 Å². The predicted molar refractivity (Wildman–Crippen MR) is 485 cm³/mol. The first-order valence-corrected chi connectivity index (χ1v) is 45.6. The fourth-order valence-corrected chi connectivity index (χ4v) is 16.9. The molecule has 0 saturated carbocycles. The Morgan fingerprint density at radius 1 is 0.573 bits per heavy atom. The minimum Gasteiger partial charge on any atom is -0.394 e. The molecule has 6 aromatic rings. The van der Waals surface area contributed by atoms with Gasteiger partial charge in [-0.25, -0.2) is 9.97 Å². The van der Waals surface area contributed by atoms with Gasteiger partial charge in [0.15, 0.2) is 5.96 Å². The number of thioether (sulfide) groups is 1.